The number of hydrogen-bond donors (Lipinski definition) is 1. The highest BCUT2D eigenvalue weighted by Gasteiger charge is 2.34. The molecule has 0 unspecified atom stereocenters. The van der Waals surface area contributed by atoms with E-state index in [1.807, 2.05) is 42.4 Å². The van der Waals surface area contributed by atoms with Crippen LogP contribution in [0.25, 0.3) is 0 Å². The van der Waals surface area contributed by atoms with Crippen molar-refractivity contribution in [3.63, 3.8) is 0 Å². The van der Waals surface area contributed by atoms with Crippen molar-refractivity contribution in [1.82, 2.24) is 14.7 Å². The Labute approximate surface area is 147 Å². The maximum Gasteiger partial charge on any atom is 0.241 e. The van der Waals surface area contributed by atoms with Crippen LogP contribution in [0.3, 0.4) is 0 Å². The van der Waals surface area contributed by atoms with Crippen molar-refractivity contribution in [1.29, 1.82) is 0 Å². The van der Waals surface area contributed by atoms with E-state index in [2.05, 4.69) is 10.4 Å². The number of likely N-dealkylation sites (N-methyl/N-ethyl adjacent to an activating group) is 1. The summed E-state index contributed by atoms with van der Waals surface area (Å²) in [5.41, 5.74) is 1.81. The first-order chi connectivity index (χ1) is 12.1. The average Bonchev–Trinajstić information content (AvgIpc) is 3.21. The highest BCUT2D eigenvalue weighted by atomic mass is 16.5. The number of nitrogens with zero attached hydrogens (tertiary/aromatic N) is 3. The van der Waals surface area contributed by atoms with Gasteiger partial charge in [0.25, 0.3) is 0 Å². The normalized spacial score (nSPS) is 20.6. The summed E-state index contributed by atoms with van der Waals surface area (Å²) in [6.07, 6.45) is 4.33. The first-order valence-electron chi connectivity index (χ1n) is 8.28. The van der Waals surface area contributed by atoms with Crippen LogP contribution in [0.1, 0.15) is 12.0 Å². The van der Waals surface area contributed by atoms with Crippen molar-refractivity contribution in [2.75, 3.05) is 33.1 Å². The van der Waals surface area contributed by atoms with Crippen LogP contribution in [0.5, 0.6) is 5.75 Å². The van der Waals surface area contributed by atoms with Gasteiger partial charge < -0.3 is 14.8 Å². The highest BCUT2D eigenvalue weighted by molar-refractivity contribution is 5.94. The summed E-state index contributed by atoms with van der Waals surface area (Å²) in [5.74, 6) is 0.804. The Morgan fingerprint density at radius 2 is 2.08 bits per heavy atom. The Kier molecular flexibility index (Phi) is 5.35. The van der Waals surface area contributed by atoms with Gasteiger partial charge >= 0.3 is 0 Å². The minimum absolute atomic E-state index is 0.0222. The summed E-state index contributed by atoms with van der Waals surface area (Å²) in [5, 5.41) is 7.26. The van der Waals surface area contributed by atoms with E-state index in [-0.39, 0.29) is 18.1 Å². The number of likely N-dealkylation sites (tertiary alicyclic amines) is 1. The van der Waals surface area contributed by atoms with Crippen LogP contribution in [0.2, 0.25) is 0 Å². The minimum Gasteiger partial charge on any atom is -0.497 e. The second kappa shape index (κ2) is 7.67. The van der Waals surface area contributed by atoms with Gasteiger partial charge in [-0.2, -0.15) is 5.10 Å². The van der Waals surface area contributed by atoms with Crippen LogP contribution in [-0.4, -0.2) is 60.5 Å². The van der Waals surface area contributed by atoms with Gasteiger partial charge in [-0.15, -0.1) is 0 Å². The lowest BCUT2D eigenvalue weighted by atomic mass is 10.2. The van der Waals surface area contributed by atoms with Gasteiger partial charge in [-0.3, -0.25) is 14.4 Å². The molecule has 1 aromatic carbocycles. The molecule has 0 aliphatic carbocycles. The molecule has 0 spiro atoms. The minimum atomic E-state index is -0.171. The third-order valence-electron chi connectivity index (χ3n) is 4.55. The maximum absolute atomic E-state index is 12.5. The fraction of sp³-hybridized carbons (Fsp3) is 0.444. The Morgan fingerprint density at radius 3 is 2.72 bits per heavy atom. The van der Waals surface area contributed by atoms with Gasteiger partial charge in [-0.25, -0.2) is 0 Å². The van der Waals surface area contributed by atoms with E-state index in [1.54, 1.807) is 25.1 Å². The predicted molar refractivity (Wildman–Crippen MR) is 94.8 cm³/mol. The molecule has 1 aliphatic rings. The SMILES string of the molecule is COc1ccc(Cn2cc(NC(=O)[C@@H]3C[C@H](OC)CN3C)cn2)cc1. The largest absolute Gasteiger partial charge is 0.497 e. The number of ether oxygens (including phenoxy) is 2. The smallest absolute Gasteiger partial charge is 0.241 e. The molecule has 3 rings (SSSR count). The number of nitrogens with one attached hydrogen (secondary N) is 1. The van der Waals surface area contributed by atoms with Crippen LogP contribution in [0, 0.1) is 0 Å². The molecule has 25 heavy (non-hydrogen) atoms. The van der Waals surface area contributed by atoms with E-state index in [0.29, 0.717) is 18.7 Å². The van der Waals surface area contributed by atoms with Crippen molar-refractivity contribution in [3.8, 4) is 5.75 Å². The number of aromatic nitrogens is 2. The Hall–Kier alpha value is -2.38. The van der Waals surface area contributed by atoms with Crippen molar-refractivity contribution < 1.29 is 14.3 Å². The summed E-state index contributed by atoms with van der Waals surface area (Å²) in [4.78, 5) is 14.5. The third kappa shape index (κ3) is 4.18. The Balaban J connectivity index is 1.58. The molecule has 1 saturated heterocycles. The lowest BCUT2D eigenvalue weighted by Crippen LogP contribution is -2.36. The van der Waals surface area contributed by atoms with E-state index in [0.717, 1.165) is 17.9 Å². The number of carbonyl (C=O) groups excluding carboxylic acids is 1. The molecule has 0 bridgehead atoms. The number of amides is 1. The molecule has 134 valence electrons. The fourth-order valence-electron chi connectivity index (χ4n) is 3.09. The van der Waals surface area contributed by atoms with E-state index in [1.165, 1.54) is 0 Å². The van der Waals surface area contributed by atoms with Gasteiger partial charge in [0, 0.05) is 19.9 Å². The summed E-state index contributed by atoms with van der Waals surface area (Å²) in [6.45, 7) is 1.40. The van der Waals surface area contributed by atoms with Gasteiger partial charge in [-0.05, 0) is 31.2 Å². The molecule has 7 nitrogen and oxygen atoms in total. The van der Waals surface area contributed by atoms with Gasteiger partial charge in [-0.1, -0.05) is 12.1 Å². The molecular formula is C18H24N4O3. The first-order valence-corrected chi connectivity index (χ1v) is 8.28. The number of benzene rings is 1. The van der Waals surface area contributed by atoms with Crippen LogP contribution in [0.15, 0.2) is 36.7 Å². The van der Waals surface area contributed by atoms with Gasteiger partial charge in [0.1, 0.15) is 5.75 Å². The number of rotatable bonds is 6. The molecule has 1 aromatic heterocycles. The molecule has 1 N–H and O–H groups in total. The second-order valence-electron chi connectivity index (χ2n) is 6.31. The van der Waals surface area contributed by atoms with E-state index >= 15 is 0 Å². The molecular weight excluding hydrogens is 320 g/mol. The summed E-state index contributed by atoms with van der Waals surface area (Å²) < 4.78 is 12.3. The van der Waals surface area contributed by atoms with Crippen molar-refractivity contribution >= 4 is 11.6 Å². The molecule has 2 heterocycles. The average molecular weight is 344 g/mol. The molecule has 2 aromatic rings. The van der Waals surface area contributed by atoms with E-state index in [9.17, 15) is 4.79 Å². The first kappa shape index (κ1) is 17.4. The topological polar surface area (TPSA) is 68.6 Å². The monoisotopic (exact) mass is 344 g/mol. The van der Waals surface area contributed by atoms with Gasteiger partial charge in [0.2, 0.25) is 5.91 Å². The zero-order valence-electron chi connectivity index (χ0n) is 14.8. The molecule has 1 fully saturated rings. The molecule has 1 amide bonds. The van der Waals surface area contributed by atoms with Crippen LogP contribution in [0.4, 0.5) is 5.69 Å². The maximum atomic E-state index is 12.5. The molecule has 0 radical (unpaired) electrons. The second-order valence-corrected chi connectivity index (χ2v) is 6.31. The third-order valence-corrected chi connectivity index (χ3v) is 4.55. The van der Waals surface area contributed by atoms with Gasteiger partial charge in [0.15, 0.2) is 0 Å². The number of anilines is 1. The lowest BCUT2D eigenvalue weighted by Gasteiger charge is -2.17. The Bertz CT molecular complexity index is 713. The van der Waals surface area contributed by atoms with Crippen molar-refractivity contribution in [3.05, 3.63) is 42.2 Å². The fourth-order valence-corrected chi connectivity index (χ4v) is 3.09. The lowest BCUT2D eigenvalue weighted by molar-refractivity contribution is -0.120. The zero-order chi connectivity index (χ0) is 17.8. The molecule has 2 atom stereocenters. The van der Waals surface area contributed by atoms with E-state index in [4.69, 9.17) is 9.47 Å². The number of methoxy groups -OCH3 is 2. The number of hydrogen-bond acceptors (Lipinski definition) is 5. The Morgan fingerprint density at radius 1 is 1.32 bits per heavy atom. The molecule has 1 aliphatic heterocycles. The summed E-state index contributed by atoms with van der Waals surface area (Å²) in [6, 6.07) is 7.66. The van der Waals surface area contributed by atoms with E-state index < -0.39 is 0 Å². The number of carbonyl (C=O) groups is 1. The molecule has 7 heteroatoms. The quantitative estimate of drug-likeness (QED) is 0.862. The predicted octanol–water partition coefficient (Wildman–Crippen LogP) is 1.60. The van der Waals surface area contributed by atoms with Gasteiger partial charge in [0.05, 0.1) is 37.7 Å². The molecule has 0 saturated carbocycles. The summed E-state index contributed by atoms with van der Waals surface area (Å²) in [7, 11) is 5.27. The van der Waals surface area contributed by atoms with Crippen LogP contribution < -0.4 is 10.1 Å². The standard InChI is InChI=1S/C18H24N4O3/c1-21-12-16(25-3)8-17(21)18(23)20-14-9-19-22(11-14)10-13-4-6-15(24-2)7-5-13/h4-7,9,11,16-17H,8,10,12H2,1-3H3,(H,20,23)/t16-,17-/m0/s1. The highest BCUT2D eigenvalue weighted by Crippen LogP contribution is 2.20. The van der Waals surface area contributed by atoms with Crippen molar-refractivity contribution in [2.45, 2.75) is 25.1 Å². The zero-order valence-corrected chi connectivity index (χ0v) is 14.8. The van der Waals surface area contributed by atoms with Crippen molar-refractivity contribution in [2.24, 2.45) is 0 Å². The van der Waals surface area contributed by atoms with Crippen LogP contribution >= 0.6 is 0 Å². The van der Waals surface area contributed by atoms with Crippen LogP contribution in [-0.2, 0) is 16.1 Å². The summed E-state index contributed by atoms with van der Waals surface area (Å²) >= 11 is 0.